The minimum absolute atomic E-state index is 0. The molecule has 0 heterocycles. The monoisotopic (exact) mass is 478 g/mol. The van der Waals surface area contributed by atoms with Gasteiger partial charge in [-0.15, -0.1) is 35.6 Å². The van der Waals surface area contributed by atoms with Crippen LogP contribution in [0.25, 0.3) is 0 Å². The first-order valence-corrected chi connectivity index (χ1v) is 9.67. The number of halogens is 3. The highest BCUT2D eigenvalue weighted by atomic mass is 35.5. The zero-order valence-corrected chi connectivity index (χ0v) is 18.4. The zero-order valence-electron chi connectivity index (χ0n) is 16.0. The van der Waals surface area contributed by atoms with E-state index in [0.717, 1.165) is 11.6 Å². The van der Waals surface area contributed by atoms with Crippen molar-refractivity contribution in [1.29, 1.82) is 0 Å². The summed E-state index contributed by atoms with van der Waals surface area (Å²) >= 11 is 11.7. The van der Waals surface area contributed by atoms with Crippen LogP contribution in [0.1, 0.15) is 5.56 Å². The van der Waals surface area contributed by atoms with Crippen molar-refractivity contribution >= 4 is 58.4 Å². The topological polar surface area (TPSA) is 111 Å². The Labute approximate surface area is 189 Å². The van der Waals surface area contributed by atoms with Gasteiger partial charge in [-0.3, -0.25) is 25.1 Å². The van der Waals surface area contributed by atoms with E-state index in [9.17, 15) is 20.2 Å². The molecule has 1 N–H and O–H groups in total. The lowest BCUT2D eigenvalue weighted by Crippen LogP contribution is -2.27. The molecule has 0 spiro atoms. The van der Waals surface area contributed by atoms with Gasteiger partial charge in [0.2, 0.25) is 0 Å². The Bertz CT molecular complexity index is 879. The van der Waals surface area contributed by atoms with Crippen LogP contribution in [0.5, 0.6) is 5.75 Å². The number of rotatable bonds is 11. The van der Waals surface area contributed by atoms with E-state index in [4.69, 9.17) is 27.9 Å². The van der Waals surface area contributed by atoms with Crippen molar-refractivity contribution in [3.63, 3.8) is 0 Å². The molecule has 0 radical (unpaired) electrons. The van der Waals surface area contributed by atoms with E-state index >= 15 is 0 Å². The second-order valence-corrected chi connectivity index (χ2v) is 6.78. The summed E-state index contributed by atoms with van der Waals surface area (Å²) in [5.41, 5.74) is 0.833. The first-order chi connectivity index (χ1) is 13.9. The maximum Gasteiger partial charge on any atom is 0.299 e. The molecule has 0 aliphatic heterocycles. The van der Waals surface area contributed by atoms with Crippen molar-refractivity contribution in [2.75, 3.05) is 37.3 Å². The minimum Gasteiger partial charge on any atom is -0.496 e. The maximum atomic E-state index is 11.3. The first-order valence-electron chi connectivity index (χ1n) is 8.60. The Morgan fingerprint density at radius 2 is 1.70 bits per heavy atom. The van der Waals surface area contributed by atoms with Crippen LogP contribution in [0.2, 0.25) is 0 Å². The van der Waals surface area contributed by atoms with Crippen LogP contribution in [-0.2, 0) is 6.54 Å². The molecular formula is C18H21Cl3N4O5. The van der Waals surface area contributed by atoms with Crippen LogP contribution in [0.3, 0.4) is 0 Å². The van der Waals surface area contributed by atoms with E-state index in [1.165, 1.54) is 12.1 Å². The normalized spacial score (nSPS) is 10.4. The number of nitro groups is 2. The van der Waals surface area contributed by atoms with E-state index in [1.807, 2.05) is 0 Å². The van der Waals surface area contributed by atoms with E-state index in [2.05, 4.69) is 10.2 Å². The molecule has 164 valence electrons. The van der Waals surface area contributed by atoms with E-state index in [0.29, 0.717) is 42.8 Å². The fraction of sp³-hybridized carbons (Fsp3) is 0.333. The van der Waals surface area contributed by atoms with Gasteiger partial charge in [-0.25, -0.2) is 0 Å². The number of methoxy groups -OCH3 is 1. The third kappa shape index (κ3) is 6.88. The number of nitrogens with zero attached hydrogens (tertiary/aromatic N) is 3. The standard InChI is InChI=1S/C18H20Cl2N4O5.ClH/c1-29-18-5-2-14(10-13(18)12-22(8-6-19)9-7-20)21-16-4-3-15(23(25)26)11-17(16)24(27)28;/h2-5,10-11,21H,6-9,12H2,1H3;1H. The number of alkyl halides is 2. The van der Waals surface area contributed by atoms with Crippen molar-refractivity contribution < 1.29 is 14.6 Å². The first kappa shape index (κ1) is 25.7. The molecule has 0 atom stereocenters. The Balaban J connectivity index is 0.00000450. The number of ether oxygens (including phenoxy) is 1. The number of hydrogen-bond donors (Lipinski definition) is 1. The van der Waals surface area contributed by atoms with Crippen molar-refractivity contribution in [2.45, 2.75) is 6.54 Å². The Morgan fingerprint density at radius 3 is 2.23 bits per heavy atom. The van der Waals surface area contributed by atoms with Crippen LogP contribution in [0, 0.1) is 20.2 Å². The lowest BCUT2D eigenvalue weighted by Gasteiger charge is -2.22. The van der Waals surface area contributed by atoms with Gasteiger partial charge < -0.3 is 10.1 Å². The highest BCUT2D eigenvalue weighted by molar-refractivity contribution is 6.18. The van der Waals surface area contributed by atoms with Crippen LogP contribution in [0.15, 0.2) is 36.4 Å². The molecular weight excluding hydrogens is 459 g/mol. The van der Waals surface area contributed by atoms with Gasteiger partial charge in [0.15, 0.2) is 0 Å². The van der Waals surface area contributed by atoms with E-state index < -0.39 is 9.85 Å². The van der Waals surface area contributed by atoms with Crippen molar-refractivity contribution in [3.05, 3.63) is 62.2 Å². The van der Waals surface area contributed by atoms with Gasteiger partial charge in [0.25, 0.3) is 11.4 Å². The summed E-state index contributed by atoms with van der Waals surface area (Å²) in [4.78, 5) is 23.0. The highest BCUT2D eigenvalue weighted by Crippen LogP contribution is 2.33. The quantitative estimate of drug-likeness (QED) is 0.275. The number of hydrogen-bond acceptors (Lipinski definition) is 7. The smallest absolute Gasteiger partial charge is 0.299 e. The molecule has 0 bridgehead atoms. The van der Waals surface area contributed by atoms with Crippen LogP contribution in [-0.4, -0.2) is 46.7 Å². The van der Waals surface area contributed by atoms with Gasteiger partial charge in [0.1, 0.15) is 11.4 Å². The molecule has 0 saturated heterocycles. The Hall–Kier alpha value is -2.33. The summed E-state index contributed by atoms with van der Waals surface area (Å²) in [6.07, 6.45) is 0. The second-order valence-electron chi connectivity index (χ2n) is 6.02. The van der Waals surface area contributed by atoms with Crippen molar-refractivity contribution in [3.8, 4) is 5.75 Å². The molecule has 0 amide bonds. The summed E-state index contributed by atoms with van der Waals surface area (Å²) < 4.78 is 5.41. The largest absolute Gasteiger partial charge is 0.496 e. The Morgan fingerprint density at radius 1 is 1.03 bits per heavy atom. The minimum atomic E-state index is -0.676. The van der Waals surface area contributed by atoms with Gasteiger partial charge in [-0.1, -0.05) is 0 Å². The van der Waals surface area contributed by atoms with Crippen LogP contribution < -0.4 is 10.1 Å². The van der Waals surface area contributed by atoms with Gasteiger partial charge in [-0.05, 0) is 24.3 Å². The number of benzene rings is 2. The molecule has 2 aromatic carbocycles. The Kier molecular flexibility index (Phi) is 10.6. The summed E-state index contributed by atoms with van der Waals surface area (Å²) in [6, 6.07) is 8.71. The van der Waals surface area contributed by atoms with Gasteiger partial charge in [0.05, 0.1) is 23.0 Å². The third-order valence-electron chi connectivity index (χ3n) is 4.14. The fourth-order valence-corrected chi connectivity index (χ4v) is 3.25. The molecule has 0 aliphatic rings. The lowest BCUT2D eigenvalue weighted by molar-refractivity contribution is -0.393. The molecule has 9 nitrogen and oxygen atoms in total. The summed E-state index contributed by atoms with van der Waals surface area (Å²) in [5, 5.41) is 25.2. The molecule has 12 heteroatoms. The molecule has 0 aromatic heterocycles. The fourth-order valence-electron chi connectivity index (χ4n) is 2.78. The number of nitrogens with one attached hydrogen (secondary N) is 1. The average Bonchev–Trinajstić information content (AvgIpc) is 2.68. The number of anilines is 2. The van der Waals surface area contributed by atoms with Crippen molar-refractivity contribution in [1.82, 2.24) is 4.90 Å². The molecule has 30 heavy (non-hydrogen) atoms. The maximum absolute atomic E-state index is 11.3. The molecule has 2 aromatic rings. The van der Waals surface area contributed by atoms with E-state index in [-0.39, 0.29) is 29.5 Å². The lowest BCUT2D eigenvalue weighted by atomic mass is 10.1. The second kappa shape index (κ2) is 12.4. The highest BCUT2D eigenvalue weighted by Gasteiger charge is 2.20. The third-order valence-corrected chi connectivity index (χ3v) is 4.48. The molecule has 0 saturated carbocycles. The summed E-state index contributed by atoms with van der Waals surface area (Å²) in [7, 11) is 1.56. The molecule has 0 aliphatic carbocycles. The predicted molar refractivity (Wildman–Crippen MR) is 120 cm³/mol. The summed E-state index contributed by atoms with van der Waals surface area (Å²) in [6.45, 7) is 1.81. The number of nitro benzene ring substituents is 2. The number of non-ortho nitro benzene ring substituents is 1. The van der Waals surface area contributed by atoms with Gasteiger partial charge >= 0.3 is 0 Å². The predicted octanol–water partition coefficient (Wildman–Crippen LogP) is 4.96. The van der Waals surface area contributed by atoms with E-state index in [1.54, 1.807) is 25.3 Å². The van der Waals surface area contributed by atoms with Gasteiger partial charge in [0, 0.05) is 48.7 Å². The van der Waals surface area contributed by atoms with Gasteiger partial charge in [-0.2, -0.15) is 0 Å². The molecule has 0 unspecified atom stereocenters. The molecule has 0 fully saturated rings. The van der Waals surface area contributed by atoms with Crippen LogP contribution >= 0.6 is 35.6 Å². The molecule has 2 rings (SSSR count). The SMILES string of the molecule is COc1ccc(Nc2ccc([N+](=O)[O-])cc2[N+](=O)[O-])cc1CN(CCCl)CCCl.Cl. The zero-order chi connectivity index (χ0) is 21.4. The van der Waals surface area contributed by atoms with Crippen molar-refractivity contribution in [2.24, 2.45) is 0 Å². The summed E-state index contributed by atoms with van der Waals surface area (Å²) in [5.74, 6) is 1.56. The van der Waals surface area contributed by atoms with Crippen LogP contribution in [0.4, 0.5) is 22.7 Å². The average molecular weight is 480 g/mol.